The number of ether oxygens (including phenoxy) is 1. The zero-order valence-corrected chi connectivity index (χ0v) is 18.0. The predicted octanol–water partition coefficient (Wildman–Crippen LogP) is 3.87. The molecule has 9 heteroatoms. The second-order valence-electron chi connectivity index (χ2n) is 7.36. The second kappa shape index (κ2) is 8.61. The van der Waals surface area contributed by atoms with Crippen molar-refractivity contribution >= 4 is 10.0 Å². The fraction of sp³-hybridized carbons (Fsp3) is 0.429. The molecule has 0 amide bonds. The van der Waals surface area contributed by atoms with E-state index in [4.69, 9.17) is 9.26 Å². The van der Waals surface area contributed by atoms with Crippen LogP contribution in [0.3, 0.4) is 0 Å². The summed E-state index contributed by atoms with van der Waals surface area (Å²) in [7, 11) is -2.07. The third-order valence-electron chi connectivity index (χ3n) is 5.49. The molecule has 8 nitrogen and oxygen atoms in total. The quantitative estimate of drug-likeness (QED) is 0.590. The lowest BCUT2D eigenvalue weighted by molar-refractivity contribution is 0.308. The average Bonchev–Trinajstić information content (AvgIpc) is 3.39. The van der Waals surface area contributed by atoms with Gasteiger partial charge in [0, 0.05) is 30.9 Å². The number of hydrogen-bond acceptors (Lipinski definition) is 6. The van der Waals surface area contributed by atoms with E-state index in [2.05, 4.69) is 10.3 Å². The van der Waals surface area contributed by atoms with E-state index in [0.29, 0.717) is 31.0 Å². The molecule has 0 N–H and O–H groups in total. The van der Waals surface area contributed by atoms with Gasteiger partial charge < -0.3 is 9.26 Å². The van der Waals surface area contributed by atoms with Crippen molar-refractivity contribution in [3.8, 4) is 17.1 Å². The van der Waals surface area contributed by atoms with Crippen LogP contribution in [0.4, 0.5) is 0 Å². The van der Waals surface area contributed by atoms with Gasteiger partial charge in [-0.1, -0.05) is 18.0 Å². The Morgan fingerprint density at radius 3 is 2.70 bits per heavy atom. The van der Waals surface area contributed by atoms with Crippen LogP contribution < -0.4 is 4.74 Å². The molecule has 0 spiro atoms. The molecule has 1 saturated heterocycles. The van der Waals surface area contributed by atoms with Gasteiger partial charge in [0.05, 0.1) is 19.3 Å². The second-order valence-corrected chi connectivity index (χ2v) is 9.25. The molecule has 4 rings (SSSR count). The minimum absolute atomic E-state index is 0.218. The Bertz CT molecular complexity index is 1090. The molecule has 0 radical (unpaired) electrons. The van der Waals surface area contributed by atoms with Crippen molar-refractivity contribution < 1.29 is 17.7 Å². The van der Waals surface area contributed by atoms with Gasteiger partial charge in [0.15, 0.2) is 5.76 Å². The maximum atomic E-state index is 13.4. The molecular weight excluding hydrogens is 404 g/mol. The lowest BCUT2D eigenvalue weighted by Gasteiger charge is -2.27. The van der Waals surface area contributed by atoms with Gasteiger partial charge in [-0.25, -0.2) is 8.42 Å². The monoisotopic (exact) mass is 430 g/mol. The van der Waals surface area contributed by atoms with E-state index in [0.717, 1.165) is 30.6 Å². The summed E-state index contributed by atoms with van der Waals surface area (Å²) in [6, 6.07) is 8.97. The Balaban J connectivity index is 1.66. The van der Waals surface area contributed by atoms with E-state index in [-0.39, 0.29) is 10.9 Å². The Morgan fingerprint density at radius 2 is 2.00 bits per heavy atom. The highest BCUT2D eigenvalue weighted by molar-refractivity contribution is 7.89. The molecule has 1 aliphatic rings. The van der Waals surface area contributed by atoms with Crippen LogP contribution in [0.5, 0.6) is 5.75 Å². The Morgan fingerprint density at radius 1 is 1.20 bits per heavy atom. The van der Waals surface area contributed by atoms with Crippen molar-refractivity contribution in [3.63, 3.8) is 0 Å². The van der Waals surface area contributed by atoms with E-state index in [1.807, 2.05) is 37.3 Å². The normalized spacial score (nSPS) is 18.3. The van der Waals surface area contributed by atoms with Gasteiger partial charge >= 0.3 is 0 Å². The van der Waals surface area contributed by atoms with Crippen molar-refractivity contribution in [3.05, 3.63) is 48.4 Å². The maximum Gasteiger partial charge on any atom is 0.246 e. The molecule has 0 bridgehead atoms. The van der Waals surface area contributed by atoms with Gasteiger partial charge in [0.1, 0.15) is 16.3 Å². The molecule has 160 valence electrons. The molecule has 0 unspecified atom stereocenters. The van der Waals surface area contributed by atoms with Crippen LogP contribution in [0.15, 0.2) is 52.1 Å². The molecule has 30 heavy (non-hydrogen) atoms. The van der Waals surface area contributed by atoms with Crippen molar-refractivity contribution in [1.29, 1.82) is 0 Å². The number of hydrogen-bond donors (Lipinski definition) is 0. The number of methoxy groups -OCH3 is 1. The smallest absolute Gasteiger partial charge is 0.246 e. The number of nitrogens with zero attached hydrogens (tertiary/aromatic N) is 4. The fourth-order valence-electron chi connectivity index (χ4n) is 3.79. The Labute approximate surface area is 176 Å². The molecule has 1 fully saturated rings. The molecule has 2 aromatic heterocycles. The highest BCUT2D eigenvalue weighted by atomic mass is 32.2. The van der Waals surface area contributed by atoms with Gasteiger partial charge in [-0.15, -0.1) is 0 Å². The summed E-state index contributed by atoms with van der Waals surface area (Å²) < 4.78 is 40.8. The third-order valence-corrected chi connectivity index (χ3v) is 7.35. The molecule has 3 heterocycles. The summed E-state index contributed by atoms with van der Waals surface area (Å²) in [5, 5.41) is 8.39. The van der Waals surface area contributed by atoms with E-state index in [9.17, 15) is 8.42 Å². The fourth-order valence-corrected chi connectivity index (χ4v) is 5.41. The van der Waals surface area contributed by atoms with E-state index in [1.165, 1.54) is 6.20 Å². The lowest BCUT2D eigenvalue weighted by atomic mass is 10.1. The summed E-state index contributed by atoms with van der Waals surface area (Å²) >= 11 is 0. The highest BCUT2D eigenvalue weighted by Crippen LogP contribution is 2.36. The third kappa shape index (κ3) is 3.99. The summed E-state index contributed by atoms with van der Waals surface area (Å²) in [5.41, 5.74) is 1.50. The van der Waals surface area contributed by atoms with Gasteiger partial charge in [-0.3, -0.25) is 4.68 Å². The molecule has 3 aromatic rings. The zero-order chi connectivity index (χ0) is 21.1. The summed E-state index contributed by atoms with van der Waals surface area (Å²) in [5.74, 6) is 1.36. The van der Waals surface area contributed by atoms with Crippen LogP contribution in [0.1, 0.15) is 44.3 Å². The molecule has 0 aliphatic carbocycles. The first-order chi connectivity index (χ1) is 14.5. The Hall–Kier alpha value is -2.65. The van der Waals surface area contributed by atoms with Crippen molar-refractivity contribution in [2.24, 2.45) is 0 Å². The van der Waals surface area contributed by atoms with Crippen LogP contribution in [-0.4, -0.2) is 41.3 Å². The lowest BCUT2D eigenvalue weighted by Crippen LogP contribution is -2.34. The molecule has 0 saturated carbocycles. The molecular formula is C21H26N4O4S. The number of benzene rings is 1. The van der Waals surface area contributed by atoms with E-state index in [1.54, 1.807) is 22.3 Å². The maximum absolute atomic E-state index is 13.4. The van der Waals surface area contributed by atoms with Crippen LogP contribution in [0.25, 0.3) is 11.3 Å². The molecule has 1 aromatic carbocycles. The van der Waals surface area contributed by atoms with E-state index < -0.39 is 10.0 Å². The van der Waals surface area contributed by atoms with Crippen LogP contribution >= 0.6 is 0 Å². The standard InChI is InChI=1S/C21H26N4O4S/c1-3-24-15-18(14-22-24)30(26,27)25-12-6-4-5-7-20(25)19-13-21(29-23-19)16-8-10-17(28-2)11-9-16/h8-11,13-15,20H,3-7,12H2,1-2H3/t20-/m1/s1. The highest BCUT2D eigenvalue weighted by Gasteiger charge is 2.36. The van der Waals surface area contributed by atoms with Crippen LogP contribution in [0, 0.1) is 0 Å². The van der Waals surface area contributed by atoms with Crippen LogP contribution in [-0.2, 0) is 16.6 Å². The van der Waals surface area contributed by atoms with E-state index >= 15 is 0 Å². The van der Waals surface area contributed by atoms with Crippen molar-refractivity contribution in [2.75, 3.05) is 13.7 Å². The number of rotatable bonds is 6. The number of aromatic nitrogens is 3. The first-order valence-electron chi connectivity index (χ1n) is 10.2. The minimum atomic E-state index is -3.68. The van der Waals surface area contributed by atoms with Gasteiger partial charge in [-0.2, -0.15) is 9.40 Å². The largest absolute Gasteiger partial charge is 0.497 e. The molecule has 1 aliphatic heterocycles. The molecule has 1 atom stereocenters. The Kier molecular flexibility index (Phi) is 5.92. The summed E-state index contributed by atoms with van der Waals surface area (Å²) in [4.78, 5) is 0.218. The van der Waals surface area contributed by atoms with Crippen molar-refractivity contribution in [1.82, 2.24) is 19.2 Å². The minimum Gasteiger partial charge on any atom is -0.497 e. The van der Waals surface area contributed by atoms with Gasteiger partial charge in [-0.05, 0) is 44.0 Å². The van der Waals surface area contributed by atoms with Crippen LogP contribution in [0.2, 0.25) is 0 Å². The topological polar surface area (TPSA) is 90.5 Å². The SMILES string of the molecule is CCn1cc(S(=O)(=O)N2CCCCC[C@@H]2c2cc(-c3ccc(OC)cc3)on2)cn1. The van der Waals surface area contributed by atoms with Gasteiger partial charge in [0.25, 0.3) is 0 Å². The first-order valence-corrected chi connectivity index (χ1v) is 11.6. The summed E-state index contributed by atoms with van der Waals surface area (Å²) in [6.07, 6.45) is 6.46. The average molecular weight is 431 g/mol. The first kappa shape index (κ1) is 20.6. The number of aryl methyl sites for hydroxylation is 1. The summed E-state index contributed by atoms with van der Waals surface area (Å²) in [6.45, 7) is 3.00. The zero-order valence-electron chi connectivity index (χ0n) is 17.2. The van der Waals surface area contributed by atoms with Gasteiger partial charge in [0.2, 0.25) is 10.0 Å². The predicted molar refractivity (Wildman–Crippen MR) is 111 cm³/mol. The van der Waals surface area contributed by atoms with Crippen molar-refractivity contribution in [2.45, 2.75) is 50.1 Å². The number of sulfonamides is 1.